The highest BCUT2D eigenvalue weighted by atomic mass is 16.7. The van der Waals surface area contributed by atoms with Gasteiger partial charge in [-0.05, 0) is 31.9 Å². The van der Waals surface area contributed by atoms with Crippen molar-refractivity contribution in [1.82, 2.24) is 4.90 Å². The minimum atomic E-state index is -1.06. The van der Waals surface area contributed by atoms with Crippen LogP contribution in [-0.4, -0.2) is 48.0 Å². The van der Waals surface area contributed by atoms with Crippen molar-refractivity contribution in [3.05, 3.63) is 18.2 Å². The molecule has 0 unspecified atom stereocenters. The highest BCUT2D eigenvalue weighted by Gasteiger charge is 2.51. The third kappa shape index (κ3) is 3.64. The van der Waals surface area contributed by atoms with Gasteiger partial charge in [0.05, 0.1) is 11.8 Å². The fourth-order valence-electron chi connectivity index (χ4n) is 4.10. The van der Waals surface area contributed by atoms with Gasteiger partial charge in [0, 0.05) is 11.8 Å². The molecule has 29 heavy (non-hydrogen) atoms. The van der Waals surface area contributed by atoms with Gasteiger partial charge in [-0.15, -0.1) is 0 Å². The molecule has 4 rings (SSSR count). The first-order valence-electron chi connectivity index (χ1n) is 9.69. The Morgan fingerprint density at radius 1 is 1.14 bits per heavy atom. The van der Waals surface area contributed by atoms with Crippen molar-refractivity contribution in [2.75, 3.05) is 18.7 Å². The molecule has 2 fully saturated rings. The number of hydrogen-bond donors (Lipinski definition) is 1. The molecule has 3 amide bonds. The molecule has 3 aliphatic rings. The van der Waals surface area contributed by atoms with Gasteiger partial charge in [0.2, 0.25) is 18.6 Å². The Balaban J connectivity index is 1.31. The van der Waals surface area contributed by atoms with Crippen molar-refractivity contribution in [1.29, 1.82) is 0 Å². The molecule has 154 valence electrons. The lowest BCUT2D eigenvalue weighted by atomic mass is 9.81. The standard InChI is InChI=1S/C20H22N2O7/c1-11(22-18(24)13-4-2-3-5-14(13)19(22)25)20(26)27-9-17(23)21-12-6-7-15-16(8-12)29-10-28-15/h6-8,11,13-14H,2-5,9-10H2,1H3,(H,21,23)/t11-,13-,14+/m0/s1. The molecule has 0 spiro atoms. The van der Waals surface area contributed by atoms with Crippen LogP contribution in [0.4, 0.5) is 5.69 Å². The van der Waals surface area contributed by atoms with E-state index >= 15 is 0 Å². The monoisotopic (exact) mass is 402 g/mol. The lowest BCUT2D eigenvalue weighted by molar-refractivity contribution is -0.159. The summed E-state index contributed by atoms with van der Waals surface area (Å²) >= 11 is 0. The normalized spacial score (nSPS) is 23.6. The Bertz CT molecular complexity index is 844. The molecule has 1 N–H and O–H groups in total. The van der Waals surface area contributed by atoms with Gasteiger partial charge in [-0.2, -0.15) is 0 Å². The van der Waals surface area contributed by atoms with E-state index in [1.165, 1.54) is 6.92 Å². The molecule has 9 heteroatoms. The zero-order chi connectivity index (χ0) is 20.5. The Hall–Kier alpha value is -3.10. The van der Waals surface area contributed by atoms with Crippen molar-refractivity contribution < 1.29 is 33.4 Å². The molecule has 1 saturated heterocycles. The number of benzene rings is 1. The van der Waals surface area contributed by atoms with Crippen LogP contribution >= 0.6 is 0 Å². The average molecular weight is 402 g/mol. The van der Waals surface area contributed by atoms with Gasteiger partial charge in [-0.25, -0.2) is 4.79 Å². The molecular formula is C20H22N2O7. The summed E-state index contributed by atoms with van der Waals surface area (Å²) in [4.78, 5) is 50.6. The van der Waals surface area contributed by atoms with Gasteiger partial charge < -0.3 is 19.5 Å². The summed E-state index contributed by atoms with van der Waals surface area (Å²) in [6, 6.07) is 3.85. The first-order valence-corrected chi connectivity index (χ1v) is 9.69. The second-order valence-electron chi connectivity index (χ2n) is 7.44. The SMILES string of the molecule is C[C@@H](C(=O)OCC(=O)Nc1ccc2c(c1)OCO2)N1C(=O)[C@H]2CCCC[C@H]2C1=O. The van der Waals surface area contributed by atoms with Crippen LogP contribution in [0.25, 0.3) is 0 Å². The molecule has 9 nitrogen and oxygen atoms in total. The quantitative estimate of drug-likeness (QED) is 0.586. The third-order valence-corrected chi connectivity index (χ3v) is 5.61. The number of nitrogens with one attached hydrogen (secondary N) is 1. The number of esters is 1. The Morgan fingerprint density at radius 2 is 1.79 bits per heavy atom. The zero-order valence-electron chi connectivity index (χ0n) is 16.0. The molecule has 2 aliphatic heterocycles. The van der Waals surface area contributed by atoms with Gasteiger partial charge >= 0.3 is 5.97 Å². The third-order valence-electron chi connectivity index (χ3n) is 5.61. The molecule has 1 aliphatic carbocycles. The van der Waals surface area contributed by atoms with Crippen LogP contribution in [0.1, 0.15) is 32.6 Å². The van der Waals surface area contributed by atoms with E-state index in [-0.39, 0.29) is 30.4 Å². The van der Waals surface area contributed by atoms with Crippen molar-refractivity contribution in [3.63, 3.8) is 0 Å². The van der Waals surface area contributed by atoms with Crippen LogP contribution in [0, 0.1) is 11.8 Å². The fourth-order valence-corrected chi connectivity index (χ4v) is 4.10. The second-order valence-corrected chi connectivity index (χ2v) is 7.44. The molecule has 1 saturated carbocycles. The molecular weight excluding hydrogens is 380 g/mol. The van der Waals surface area contributed by atoms with Crippen molar-refractivity contribution in [2.24, 2.45) is 11.8 Å². The van der Waals surface area contributed by atoms with Crippen LogP contribution in [0.15, 0.2) is 18.2 Å². The van der Waals surface area contributed by atoms with Crippen LogP contribution < -0.4 is 14.8 Å². The van der Waals surface area contributed by atoms with E-state index in [9.17, 15) is 19.2 Å². The first-order chi connectivity index (χ1) is 14.0. The molecule has 1 aromatic rings. The minimum absolute atomic E-state index is 0.123. The van der Waals surface area contributed by atoms with Gasteiger partial charge in [0.15, 0.2) is 18.1 Å². The maximum atomic E-state index is 12.6. The number of fused-ring (bicyclic) bond motifs is 2. The van der Waals surface area contributed by atoms with Crippen molar-refractivity contribution in [3.8, 4) is 11.5 Å². The van der Waals surface area contributed by atoms with Gasteiger partial charge in [-0.1, -0.05) is 12.8 Å². The number of imide groups is 1. The predicted molar refractivity (Wildman–Crippen MR) is 98.9 cm³/mol. The van der Waals surface area contributed by atoms with E-state index in [0.29, 0.717) is 30.0 Å². The first kappa shape index (κ1) is 19.2. The van der Waals surface area contributed by atoms with Crippen molar-refractivity contribution in [2.45, 2.75) is 38.6 Å². The Morgan fingerprint density at radius 3 is 2.48 bits per heavy atom. The molecule has 0 bridgehead atoms. The number of amides is 3. The van der Waals surface area contributed by atoms with Crippen LogP contribution in [0.2, 0.25) is 0 Å². The maximum Gasteiger partial charge on any atom is 0.329 e. The number of hydrogen-bond acceptors (Lipinski definition) is 7. The average Bonchev–Trinajstić information content (AvgIpc) is 3.28. The molecule has 0 radical (unpaired) electrons. The van der Waals surface area contributed by atoms with E-state index in [2.05, 4.69) is 5.32 Å². The van der Waals surface area contributed by atoms with Gasteiger partial charge in [0.25, 0.3) is 5.91 Å². The van der Waals surface area contributed by atoms with E-state index < -0.39 is 24.5 Å². The van der Waals surface area contributed by atoms with Crippen LogP contribution in [-0.2, 0) is 23.9 Å². The summed E-state index contributed by atoms with van der Waals surface area (Å²) in [5, 5.41) is 2.59. The lowest BCUT2D eigenvalue weighted by Gasteiger charge is -2.21. The number of likely N-dealkylation sites (tertiary alicyclic amines) is 1. The lowest BCUT2D eigenvalue weighted by Crippen LogP contribution is -2.45. The summed E-state index contributed by atoms with van der Waals surface area (Å²) < 4.78 is 15.5. The topological polar surface area (TPSA) is 111 Å². The molecule has 3 atom stereocenters. The smallest absolute Gasteiger partial charge is 0.329 e. The summed E-state index contributed by atoms with van der Waals surface area (Å²) in [6.45, 7) is 1.05. The summed E-state index contributed by atoms with van der Waals surface area (Å²) in [7, 11) is 0. The van der Waals surface area contributed by atoms with E-state index in [4.69, 9.17) is 14.2 Å². The number of ether oxygens (including phenoxy) is 3. The highest BCUT2D eigenvalue weighted by molar-refractivity contribution is 6.08. The van der Waals surface area contributed by atoms with Crippen LogP contribution in [0.3, 0.4) is 0 Å². The predicted octanol–water partition coefficient (Wildman–Crippen LogP) is 1.46. The fraction of sp³-hybridized carbons (Fsp3) is 0.500. The molecule has 2 heterocycles. The number of nitrogens with zero attached hydrogens (tertiary/aromatic N) is 1. The van der Waals surface area contributed by atoms with E-state index in [1.807, 2.05) is 0 Å². The number of rotatable bonds is 5. The van der Waals surface area contributed by atoms with E-state index in [1.54, 1.807) is 18.2 Å². The summed E-state index contributed by atoms with van der Waals surface area (Å²) in [6.07, 6.45) is 3.16. The zero-order valence-corrected chi connectivity index (χ0v) is 16.0. The van der Waals surface area contributed by atoms with Gasteiger partial charge in [0.1, 0.15) is 6.04 Å². The molecule has 0 aromatic heterocycles. The number of carbonyl (C=O) groups excluding carboxylic acids is 4. The summed E-state index contributed by atoms with van der Waals surface area (Å²) in [5.74, 6) is -1.52. The van der Waals surface area contributed by atoms with Crippen molar-refractivity contribution >= 4 is 29.4 Å². The number of anilines is 1. The summed E-state index contributed by atoms with van der Waals surface area (Å²) in [5.41, 5.74) is 0.470. The second kappa shape index (κ2) is 7.73. The van der Waals surface area contributed by atoms with Crippen LogP contribution in [0.5, 0.6) is 11.5 Å². The van der Waals surface area contributed by atoms with Gasteiger partial charge in [-0.3, -0.25) is 19.3 Å². The highest BCUT2D eigenvalue weighted by Crippen LogP contribution is 2.39. The Labute approximate surface area is 167 Å². The molecule has 1 aromatic carbocycles. The number of carbonyl (C=O) groups is 4. The minimum Gasteiger partial charge on any atom is -0.454 e. The largest absolute Gasteiger partial charge is 0.454 e. The Kier molecular flexibility index (Phi) is 5.12. The van der Waals surface area contributed by atoms with E-state index in [0.717, 1.165) is 17.7 Å². The maximum absolute atomic E-state index is 12.6.